The van der Waals surface area contributed by atoms with Gasteiger partial charge in [0.15, 0.2) is 0 Å². The SMILES string of the molecule is CCn1ccnc1CC(O)c1cccc(C(F)(F)F)c1F. The Hall–Kier alpha value is -1.89. The first-order valence-electron chi connectivity index (χ1n) is 6.38. The predicted molar refractivity (Wildman–Crippen MR) is 68.0 cm³/mol. The Morgan fingerprint density at radius 3 is 2.67 bits per heavy atom. The second kappa shape index (κ2) is 5.85. The molecule has 3 nitrogen and oxygen atoms in total. The topological polar surface area (TPSA) is 38.0 Å². The zero-order chi connectivity index (χ0) is 15.6. The smallest absolute Gasteiger partial charge is 0.388 e. The van der Waals surface area contributed by atoms with Crippen molar-refractivity contribution in [3.05, 3.63) is 53.4 Å². The maximum absolute atomic E-state index is 13.9. The molecule has 0 aliphatic rings. The first-order chi connectivity index (χ1) is 9.84. The maximum atomic E-state index is 13.9. The summed E-state index contributed by atoms with van der Waals surface area (Å²) >= 11 is 0. The summed E-state index contributed by atoms with van der Waals surface area (Å²) in [6.07, 6.45) is -3.03. The van der Waals surface area contributed by atoms with E-state index in [0.717, 1.165) is 12.1 Å². The molecular formula is C14H14F4N2O. The molecule has 2 aromatic rings. The number of imidazole rings is 1. The molecule has 0 saturated heterocycles. The van der Waals surface area contributed by atoms with Gasteiger partial charge in [-0.15, -0.1) is 0 Å². The number of aliphatic hydroxyl groups is 1. The fraction of sp³-hybridized carbons (Fsp3) is 0.357. The Balaban J connectivity index is 2.30. The summed E-state index contributed by atoms with van der Waals surface area (Å²) in [7, 11) is 0. The number of nitrogens with zero attached hydrogens (tertiary/aromatic N) is 2. The number of aryl methyl sites for hydroxylation is 1. The highest BCUT2D eigenvalue weighted by Gasteiger charge is 2.35. The summed E-state index contributed by atoms with van der Waals surface area (Å²) in [6, 6.07) is 2.88. The summed E-state index contributed by atoms with van der Waals surface area (Å²) in [6.45, 7) is 2.47. The average molecular weight is 302 g/mol. The van der Waals surface area contributed by atoms with Crippen LogP contribution < -0.4 is 0 Å². The van der Waals surface area contributed by atoms with Crippen molar-refractivity contribution in [1.82, 2.24) is 9.55 Å². The largest absolute Gasteiger partial charge is 0.419 e. The van der Waals surface area contributed by atoms with Crippen molar-refractivity contribution < 1.29 is 22.7 Å². The summed E-state index contributed by atoms with van der Waals surface area (Å²) in [5.41, 5.74) is -1.76. The van der Waals surface area contributed by atoms with Crippen molar-refractivity contribution in [3.63, 3.8) is 0 Å². The van der Waals surface area contributed by atoms with Gasteiger partial charge >= 0.3 is 6.18 Å². The fourth-order valence-corrected chi connectivity index (χ4v) is 2.13. The lowest BCUT2D eigenvalue weighted by atomic mass is 10.0. The first kappa shape index (κ1) is 15.5. The monoisotopic (exact) mass is 302 g/mol. The highest BCUT2D eigenvalue weighted by Crippen LogP contribution is 2.34. The van der Waals surface area contributed by atoms with Crippen LogP contribution in [0.3, 0.4) is 0 Å². The van der Waals surface area contributed by atoms with Crippen LogP contribution in [0.4, 0.5) is 17.6 Å². The highest BCUT2D eigenvalue weighted by molar-refractivity contribution is 5.30. The Morgan fingerprint density at radius 2 is 2.05 bits per heavy atom. The molecule has 0 spiro atoms. The number of benzene rings is 1. The Morgan fingerprint density at radius 1 is 1.33 bits per heavy atom. The molecule has 7 heteroatoms. The predicted octanol–water partition coefficient (Wildman–Crippen LogP) is 3.34. The van der Waals surface area contributed by atoms with Crippen LogP contribution >= 0.6 is 0 Å². The summed E-state index contributed by atoms with van der Waals surface area (Å²) in [5.74, 6) is -0.950. The molecule has 0 bridgehead atoms. The van der Waals surface area contributed by atoms with Gasteiger partial charge in [0, 0.05) is 30.9 Å². The zero-order valence-corrected chi connectivity index (χ0v) is 11.2. The lowest BCUT2D eigenvalue weighted by Gasteiger charge is -2.15. The van der Waals surface area contributed by atoms with Crippen LogP contribution in [0.25, 0.3) is 0 Å². The first-order valence-corrected chi connectivity index (χ1v) is 6.38. The molecule has 114 valence electrons. The van der Waals surface area contributed by atoms with Gasteiger partial charge in [0.05, 0.1) is 11.7 Å². The number of aromatic nitrogens is 2. The van der Waals surface area contributed by atoms with Crippen LogP contribution in [-0.4, -0.2) is 14.7 Å². The molecule has 0 aliphatic heterocycles. The number of hydrogen-bond donors (Lipinski definition) is 1. The summed E-state index contributed by atoms with van der Waals surface area (Å²) < 4.78 is 53.6. The average Bonchev–Trinajstić information content (AvgIpc) is 2.84. The van der Waals surface area contributed by atoms with Gasteiger partial charge in [-0.2, -0.15) is 13.2 Å². The van der Waals surface area contributed by atoms with E-state index in [9.17, 15) is 22.7 Å². The number of aliphatic hydroxyl groups excluding tert-OH is 1. The van der Waals surface area contributed by atoms with Crippen LogP contribution in [-0.2, 0) is 19.1 Å². The van der Waals surface area contributed by atoms with E-state index in [4.69, 9.17) is 0 Å². The second-order valence-corrected chi connectivity index (χ2v) is 4.56. The molecule has 1 aromatic heterocycles. The number of alkyl halides is 3. The van der Waals surface area contributed by atoms with E-state index in [1.165, 1.54) is 6.20 Å². The molecule has 1 atom stereocenters. The van der Waals surface area contributed by atoms with Crippen LogP contribution in [0.15, 0.2) is 30.6 Å². The normalized spacial score (nSPS) is 13.4. The number of rotatable bonds is 4. The minimum Gasteiger partial charge on any atom is -0.388 e. The molecule has 0 saturated carbocycles. The van der Waals surface area contributed by atoms with Crippen LogP contribution in [0, 0.1) is 5.82 Å². The molecule has 1 N–H and O–H groups in total. The van der Waals surface area contributed by atoms with Crippen molar-refractivity contribution in [2.45, 2.75) is 32.2 Å². The van der Waals surface area contributed by atoms with E-state index in [0.29, 0.717) is 18.4 Å². The Kier molecular flexibility index (Phi) is 4.32. The van der Waals surface area contributed by atoms with Crippen LogP contribution in [0.2, 0.25) is 0 Å². The van der Waals surface area contributed by atoms with Gasteiger partial charge in [-0.3, -0.25) is 0 Å². The Bertz CT molecular complexity index is 622. The van der Waals surface area contributed by atoms with Crippen LogP contribution in [0.5, 0.6) is 0 Å². The maximum Gasteiger partial charge on any atom is 0.419 e. The zero-order valence-electron chi connectivity index (χ0n) is 11.2. The molecule has 1 aromatic carbocycles. The van der Waals surface area contributed by atoms with E-state index >= 15 is 0 Å². The summed E-state index contributed by atoms with van der Waals surface area (Å²) in [4.78, 5) is 4.01. The third kappa shape index (κ3) is 3.24. The third-order valence-corrected chi connectivity index (χ3v) is 3.21. The molecule has 0 aliphatic carbocycles. The van der Waals surface area contributed by atoms with E-state index in [1.54, 1.807) is 10.8 Å². The fourth-order valence-electron chi connectivity index (χ4n) is 2.13. The van der Waals surface area contributed by atoms with Gasteiger partial charge in [-0.25, -0.2) is 9.37 Å². The van der Waals surface area contributed by atoms with E-state index in [1.807, 2.05) is 6.92 Å². The Labute approximate surface area is 118 Å². The molecule has 1 unspecified atom stereocenters. The minimum atomic E-state index is -4.79. The molecule has 1 heterocycles. The summed E-state index contributed by atoms with van der Waals surface area (Å²) in [5, 5.41) is 10.0. The molecular weight excluding hydrogens is 288 g/mol. The standard InChI is InChI=1S/C14H14F4N2O/c1-2-20-7-6-19-12(20)8-11(21)9-4-3-5-10(13(9)15)14(16,17)18/h3-7,11,21H,2,8H2,1H3. The van der Waals surface area contributed by atoms with Gasteiger partial charge in [0.2, 0.25) is 0 Å². The van der Waals surface area contributed by atoms with Crippen molar-refractivity contribution in [2.75, 3.05) is 0 Å². The van der Waals surface area contributed by atoms with Crippen molar-refractivity contribution in [3.8, 4) is 0 Å². The number of hydrogen-bond acceptors (Lipinski definition) is 2. The quantitative estimate of drug-likeness (QED) is 0.880. The van der Waals surface area contributed by atoms with Gasteiger partial charge in [0.1, 0.15) is 11.6 Å². The van der Waals surface area contributed by atoms with Crippen LogP contribution in [0.1, 0.15) is 30.0 Å². The van der Waals surface area contributed by atoms with Gasteiger partial charge in [-0.1, -0.05) is 12.1 Å². The molecule has 0 fully saturated rings. The van der Waals surface area contributed by atoms with Crippen molar-refractivity contribution in [2.24, 2.45) is 0 Å². The van der Waals surface area contributed by atoms with E-state index < -0.39 is 23.7 Å². The van der Waals surface area contributed by atoms with Gasteiger partial charge in [0.25, 0.3) is 0 Å². The van der Waals surface area contributed by atoms with Crippen molar-refractivity contribution >= 4 is 0 Å². The molecule has 0 radical (unpaired) electrons. The second-order valence-electron chi connectivity index (χ2n) is 4.56. The minimum absolute atomic E-state index is 0.0565. The lowest BCUT2D eigenvalue weighted by Crippen LogP contribution is -2.14. The lowest BCUT2D eigenvalue weighted by molar-refractivity contribution is -0.140. The van der Waals surface area contributed by atoms with E-state index in [-0.39, 0.29) is 12.0 Å². The van der Waals surface area contributed by atoms with Gasteiger partial charge < -0.3 is 9.67 Å². The molecule has 21 heavy (non-hydrogen) atoms. The molecule has 2 rings (SSSR count). The van der Waals surface area contributed by atoms with Gasteiger partial charge in [-0.05, 0) is 13.0 Å². The highest BCUT2D eigenvalue weighted by atomic mass is 19.4. The van der Waals surface area contributed by atoms with E-state index in [2.05, 4.69) is 4.98 Å². The molecule has 0 amide bonds. The third-order valence-electron chi connectivity index (χ3n) is 3.21. The van der Waals surface area contributed by atoms with Crippen molar-refractivity contribution in [1.29, 1.82) is 0 Å². The number of halogens is 4.